The highest BCUT2D eigenvalue weighted by atomic mass is 16.2. The standard InChI is InChI=1S/C17H30N2O/c18-13-14-3-5-15(6-4-14)16(20)19-11-9-17(10-12-19)7-1-2-8-17/h14-15H,1-13,18H2. The Bertz CT molecular complexity index is 331. The van der Waals surface area contributed by atoms with Crippen LogP contribution in [0.3, 0.4) is 0 Å². The van der Waals surface area contributed by atoms with E-state index in [1.807, 2.05) is 0 Å². The Morgan fingerprint density at radius 1 is 1.00 bits per heavy atom. The van der Waals surface area contributed by atoms with Crippen LogP contribution in [0.25, 0.3) is 0 Å². The maximum absolute atomic E-state index is 12.6. The smallest absolute Gasteiger partial charge is 0.225 e. The minimum absolute atomic E-state index is 0.301. The first-order valence-corrected chi connectivity index (χ1v) is 8.71. The van der Waals surface area contributed by atoms with Crippen molar-refractivity contribution in [2.45, 2.75) is 64.2 Å². The minimum atomic E-state index is 0.301. The molecular weight excluding hydrogens is 248 g/mol. The number of piperidine rings is 1. The van der Waals surface area contributed by atoms with E-state index >= 15 is 0 Å². The Morgan fingerprint density at radius 2 is 1.60 bits per heavy atom. The molecule has 2 aliphatic carbocycles. The first-order chi connectivity index (χ1) is 9.72. The maximum Gasteiger partial charge on any atom is 0.225 e. The molecule has 20 heavy (non-hydrogen) atoms. The molecule has 1 saturated heterocycles. The molecule has 114 valence electrons. The van der Waals surface area contributed by atoms with Crippen molar-refractivity contribution in [1.82, 2.24) is 4.90 Å². The molecule has 3 fully saturated rings. The van der Waals surface area contributed by atoms with Gasteiger partial charge in [0.25, 0.3) is 0 Å². The van der Waals surface area contributed by atoms with E-state index < -0.39 is 0 Å². The molecule has 1 spiro atoms. The van der Waals surface area contributed by atoms with Gasteiger partial charge in [-0.05, 0) is 69.2 Å². The van der Waals surface area contributed by atoms with Gasteiger partial charge >= 0.3 is 0 Å². The Kier molecular flexibility index (Phi) is 4.34. The zero-order valence-electron chi connectivity index (χ0n) is 12.8. The average Bonchev–Trinajstić information content (AvgIpc) is 2.96. The molecule has 1 aliphatic heterocycles. The fourth-order valence-corrected chi connectivity index (χ4v) is 4.73. The molecule has 0 bridgehead atoms. The fourth-order valence-electron chi connectivity index (χ4n) is 4.73. The van der Waals surface area contributed by atoms with Crippen molar-refractivity contribution in [3.63, 3.8) is 0 Å². The average molecular weight is 278 g/mol. The monoisotopic (exact) mass is 278 g/mol. The molecule has 0 unspecified atom stereocenters. The van der Waals surface area contributed by atoms with Crippen molar-refractivity contribution in [2.75, 3.05) is 19.6 Å². The van der Waals surface area contributed by atoms with Crippen LogP contribution in [0, 0.1) is 17.3 Å². The van der Waals surface area contributed by atoms with Gasteiger partial charge in [0, 0.05) is 19.0 Å². The third-order valence-corrected chi connectivity index (χ3v) is 6.33. The lowest BCUT2D eigenvalue weighted by atomic mass is 9.76. The lowest BCUT2D eigenvalue weighted by Crippen LogP contribution is -2.45. The number of carbonyl (C=O) groups is 1. The van der Waals surface area contributed by atoms with E-state index in [1.54, 1.807) is 0 Å². The molecule has 0 aromatic rings. The van der Waals surface area contributed by atoms with E-state index in [9.17, 15) is 4.79 Å². The van der Waals surface area contributed by atoms with Crippen LogP contribution in [0.1, 0.15) is 64.2 Å². The molecule has 0 radical (unpaired) electrons. The number of hydrogen-bond acceptors (Lipinski definition) is 2. The number of likely N-dealkylation sites (tertiary alicyclic amines) is 1. The van der Waals surface area contributed by atoms with Crippen LogP contribution < -0.4 is 5.73 Å². The first-order valence-electron chi connectivity index (χ1n) is 8.71. The molecule has 3 nitrogen and oxygen atoms in total. The number of hydrogen-bond donors (Lipinski definition) is 1. The zero-order valence-corrected chi connectivity index (χ0v) is 12.8. The van der Waals surface area contributed by atoms with Crippen molar-refractivity contribution in [3.8, 4) is 0 Å². The summed E-state index contributed by atoms with van der Waals surface area (Å²) < 4.78 is 0. The van der Waals surface area contributed by atoms with Crippen molar-refractivity contribution in [3.05, 3.63) is 0 Å². The van der Waals surface area contributed by atoms with Gasteiger partial charge in [0.15, 0.2) is 0 Å². The Labute approximate surface area is 123 Å². The maximum atomic E-state index is 12.6. The molecule has 3 rings (SSSR count). The Morgan fingerprint density at radius 3 is 2.15 bits per heavy atom. The van der Waals surface area contributed by atoms with Crippen molar-refractivity contribution < 1.29 is 4.79 Å². The summed E-state index contributed by atoms with van der Waals surface area (Å²) in [5.74, 6) is 1.42. The van der Waals surface area contributed by atoms with Crippen LogP contribution >= 0.6 is 0 Å². The summed E-state index contributed by atoms with van der Waals surface area (Å²) in [4.78, 5) is 14.8. The summed E-state index contributed by atoms with van der Waals surface area (Å²) in [6.07, 6.45) is 12.6. The van der Waals surface area contributed by atoms with E-state index in [0.717, 1.165) is 45.3 Å². The highest BCUT2D eigenvalue weighted by molar-refractivity contribution is 5.79. The molecule has 0 aromatic carbocycles. The van der Waals surface area contributed by atoms with Gasteiger partial charge < -0.3 is 10.6 Å². The second-order valence-electron chi connectivity index (χ2n) is 7.49. The zero-order chi connectivity index (χ0) is 14.0. The van der Waals surface area contributed by atoms with Crippen LogP contribution in [0.4, 0.5) is 0 Å². The fraction of sp³-hybridized carbons (Fsp3) is 0.941. The molecule has 2 N–H and O–H groups in total. The Hall–Kier alpha value is -0.570. The highest BCUT2D eigenvalue weighted by Gasteiger charge is 2.39. The van der Waals surface area contributed by atoms with Crippen molar-refractivity contribution in [2.24, 2.45) is 23.0 Å². The molecule has 1 amide bonds. The largest absolute Gasteiger partial charge is 0.342 e. The second-order valence-corrected chi connectivity index (χ2v) is 7.49. The molecule has 3 aliphatic rings. The van der Waals surface area contributed by atoms with Gasteiger partial charge in [-0.1, -0.05) is 12.8 Å². The van der Waals surface area contributed by atoms with Gasteiger partial charge in [-0.25, -0.2) is 0 Å². The minimum Gasteiger partial charge on any atom is -0.342 e. The quantitative estimate of drug-likeness (QED) is 0.844. The van der Waals surface area contributed by atoms with E-state index in [1.165, 1.54) is 38.5 Å². The third kappa shape index (κ3) is 2.88. The van der Waals surface area contributed by atoms with Gasteiger partial charge in [0.2, 0.25) is 5.91 Å². The number of carbonyl (C=O) groups excluding carboxylic acids is 1. The molecule has 1 heterocycles. The van der Waals surface area contributed by atoms with Crippen LogP contribution in [0.2, 0.25) is 0 Å². The van der Waals surface area contributed by atoms with Gasteiger partial charge in [0.05, 0.1) is 0 Å². The normalized spacial score (nSPS) is 33.5. The molecule has 0 atom stereocenters. The third-order valence-electron chi connectivity index (χ3n) is 6.33. The highest BCUT2D eigenvalue weighted by Crippen LogP contribution is 2.46. The van der Waals surface area contributed by atoms with Gasteiger partial charge in [-0.3, -0.25) is 4.79 Å². The first kappa shape index (κ1) is 14.4. The summed E-state index contributed by atoms with van der Waals surface area (Å²) in [7, 11) is 0. The summed E-state index contributed by atoms with van der Waals surface area (Å²) >= 11 is 0. The molecular formula is C17H30N2O. The van der Waals surface area contributed by atoms with Crippen LogP contribution in [-0.2, 0) is 4.79 Å². The van der Waals surface area contributed by atoms with Crippen LogP contribution in [0.15, 0.2) is 0 Å². The van der Waals surface area contributed by atoms with Crippen LogP contribution in [-0.4, -0.2) is 30.4 Å². The van der Waals surface area contributed by atoms with Crippen LogP contribution in [0.5, 0.6) is 0 Å². The lowest BCUT2D eigenvalue weighted by molar-refractivity contribution is -0.139. The van der Waals surface area contributed by atoms with Crippen molar-refractivity contribution in [1.29, 1.82) is 0 Å². The van der Waals surface area contributed by atoms with E-state index in [2.05, 4.69) is 4.90 Å². The summed E-state index contributed by atoms with van der Waals surface area (Å²) in [5.41, 5.74) is 6.36. The SMILES string of the molecule is NCC1CCC(C(=O)N2CCC3(CCCC3)CC2)CC1. The predicted molar refractivity (Wildman–Crippen MR) is 81.2 cm³/mol. The number of rotatable bonds is 2. The summed E-state index contributed by atoms with van der Waals surface area (Å²) in [6.45, 7) is 2.85. The van der Waals surface area contributed by atoms with E-state index in [0.29, 0.717) is 23.2 Å². The molecule has 2 saturated carbocycles. The molecule has 0 aromatic heterocycles. The van der Waals surface area contributed by atoms with Gasteiger partial charge in [-0.15, -0.1) is 0 Å². The van der Waals surface area contributed by atoms with E-state index in [-0.39, 0.29) is 0 Å². The number of nitrogens with zero attached hydrogens (tertiary/aromatic N) is 1. The van der Waals surface area contributed by atoms with Crippen molar-refractivity contribution >= 4 is 5.91 Å². The Balaban J connectivity index is 1.49. The predicted octanol–water partition coefficient (Wildman–Crippen LogP) is 2.93. The topological polar surface area (TPSA) is 46.3 Å². The van der Waals surface area contributed by atoms with Gasteiger partial charge in [0.1, 0.15) is 0 Å². The summed E-state index contributed by atoms with van der Waals surface area (Å²) in [5, 5.41) is 0. The molecule has 3 heteroatoms. The number of nitrogens with two attached hydrogens (primary N) is 1. The summed E-state index contributed by atoms with van der Waals surface area (Å²) in [6, 6.07) is 0. The lowest BCUT2D eigenvalue weighted by Gasteiger charge is -2.41. The van der Waals surface area contributed by atoms with E-state index in [4.69, 9.17) is 5.73 Å². The number of amides is 1. The second kappa shape index (κ2) is 6.05. The van der Waals surface area contributed by atoms with Gasteiger partial charge in [-0.2, -0.15) is 0 Å².